The van der Waals surface area contributed by atoms with Crippen LogP contribution in [0.25, 0.3) is 11.3 Å². The average Bonchev–Trinajstić information content (AvgIpc) is 3.49. The number of carbonyl (C=O) groups excluding carboxylic acids is 1. The number of carbonyl (C=O) groups is 1. The number of hydrogen-bond acceptors (Lipinski definition) is 7. The zero-order chi connectivity index (χ0) is 28.6. The lowest BCUT2D eigenvalue weighted by Gasteiger charge is -2.27. The number of aryl methyl sites for hydroxylation is 2. The van der Waals surface area contributed by atoms with Crippen LogP contribution in [0, 0.1) is 13.8 Å². The van der Waals surface area contributed by atoms with Crippen molar-refractivity contribution in [3.63, 3.8) is 0 Å². The topological polar surface area (TPSA) is 106 Å². The van der Waals surface area contributed by atoms with E-state index in [1.807, 2.05) is 61.2 Å². The van der Waals surface area contributed by atoms with Crippen molar-refractivity contribution in [3.8, 4) is 40.0 Å². The Kier molecular flexibility index (Phi) is 7.30. The summed E-state index contributed by atoms with van der Waals surface area (Å²) in [4.78, 5) is 15.7. The summed E-state index contributed by atoms with van der Waals surface area (Å²) < 4.78 is 21.9. The number of aromatic hydroxyl groups is 1. The Hall–Kier alpha value is -4.66. The molecule has 1 unspecified atom stereocenters. The molecule has 0 spiro atoms. The summed E-state index contributed by atoms with van der Waals surface area (Å²) in [5.74, 6) is 2.37. The van der Waals surface area contributed by atoms with E-state index in [1.165, 1.54) is 0 Å². The molecule has 1 aliphatic heterocycles. The first-order valence-corrected chi connectivity index (χ1v) is 12.9. The largest absolute Gasteiger partial charge is 0.507 e. The summed E-state index contributed by atoms with van der Waals surface area (Å²) in [6, 6.07) is 14.6. The molecule has 5 rings (SSSR count). The molecular weight excluding hydrogens is 510 g/mol. The number of rotatable bonds is 9. The number of H-pyrrole nitrogens is 1. The molecule has 40 heavy (non-hydrogen) atoms. The van der Waals surface area contributed by atoms with Gasteiger partial charge < -0.3 is 29.0 Å². The summed E-state index contributed by atoms with van der Waals surface area (Å²) in [5, 5.41) is 18.5. The molecule has 1 atom stereocenters. The van der Waals surface area contributed by atoms with Crippen LogP contribution in [-0.4, -0.2) is 61.1 Å². The SMILES string of the molecule is COc1ccc(CCN2C(=O)c3[nH]nc(-c4c(C)cc(C)cc4O)c3C2c2ccc(OC)c(OC)c2)cc1OC. The summed E-state index contributed by atoms with van der Waals surface area (Å²) in [6.07, 6.45) is 0.581. The molecule has 0 saturated carbocycles. The fraction of sp³-hybridized carbons (Fsp3) is 0.290. The second kappa shape index (κ2) is 10.8. The van der Waals surface area contributed by atoms with E-state index in [-0.39, 0.29) is 11.7 Å². The number of methoxy groups -OCH3 is 4. The highest BCUT2D eigenvalue weighted by Crippen LogP contribution is 2.47. The Morgan fingerprint density at radius 1 is 0.875 bits per heavy atom. The number of fused-ring (bicyclic) bond motifs is 1. The second-order valence-electron chi connectivity index (χ2n) is 9.79. The van der Waals surface area contributed by atoms with Crippen molar-refractivity contribution in [2.24, 2.45) is 0 Å². The minimum Gasteiger partial charge on any atom is -0.507 e. The third kappa shape index (κ3) is 4.57. The first-order valence-electron chi connectivity index (χ1n) is 12.9. The number of aromatic nitrogens is 2. The van der Waals surface area contributed by atoms with Crippen molar-refractivity contribution in [3.05, 3.63) is 82.0 Å². The highest BCUT2D eigenvalue weighted by molar-refractivity contribution is 6.00. The number of phenols is 1. The Bertz CT molecular complexity index is 1550. The van der Waals surface area contributed by atoms with Crippen LogP contribution in [-0.2, 0) is 6.42 Å². The zero-order valence-corrected chi connectivity index (χ0v) is 23.5. The van der Waals surface area contributed by atoms with Gasteiger partial charge in [-0.2, -0.15) is 5.10 Å². The molecule has 0 saturated heterocycles. The van der Waals surface area contributed by atoms with Gasteiger partial charge in [0.15, 0.2) is 23.0 Å². The molecule has 0 aliphatic carbocycles. The molecular formula is C31H33N3O6. The van der Waals surface area contributed by atoms with E-state index in [2.05, 4.69) is 10.2 Å². The van der Waals surface area contributed by atoms with Gasteiger partial charge in [0.1, 0.15) is 17.1 Å². The van der Waals surface area contributed by atoms with Crippen molar-refractivity contribution >= 4 is 5.91 Å². The number of nitrogens with one attached hydrogen (secondary N) is 1. The summed E-state index contributed by atoms with van der Waals surface area (Å²) in [7, 11) is 6.36. The molecule has 0 radical (unpaired) electrons. The smallest absolute Gasteiger partial charge is 0.273 e. The van der Waals surface area contributed by atoms with Gasteiger partial charge in [0.05, 0.1) is 34.5 Å². The van der Waals surface area contributed by atoms with E-state index >= 15 is 0 Å². The number of ether oxygens (including phenoxy) is 4. The summed E-state index contributed by atoms with van der Waals surface area (Å²) >= 11 is 0. The van der Waals surface area contributed by atoms with Crippen molar-refractivity contribution in [2.75, 3.05) is 35.0 Å². The lowest BCUT2D eigenvalue weighted by Crippen LogP contribution is -2.31. The van der Waals surface area contributed by atoms with Crippen molar-refractivity contribution in [1.82, 2.24) is 15.1 Å². The summed E-state index contributed by atoms with van der Waals surface area (Å²) in [5.41, 5.74) is 5.91. The van der Waals surface area contributed by atoms with Gasteiger partial charge in [0.2, 0.25) is 0 Å². The second-order valence-corrected chi connectivity index (χ2v) is 9.79. The van der Waals surface area contributed by atoms with Gasteiger partial charge in [-0.1, -0.05) is 18.2 Å². The molecule has 3 aromatic carbocycles. The third-order valence-electron chi connectivity index (χ3n) is 7.37. The van der Waals surface area contributed by atoms with Gasteiger partial charge in [0.25, 0.3) is 5.91 Å². The molecule has 2 N–H and O–H groups in total. The number of nitrogens with zero attached hydrogens (tertiary/aromatic N) is 2. The molecule has 0 bridgehead atoms. The zero-order valence-electron chi connectivity index (χ0n) is 23.5. The molecule has 208 valence electrons. The number of amides is 1. The van der Waals surface area contributed by atoms with Crippen molar-refractivity contribution in [1.29, 1.82) is 0 Å². The maximum atomic E-state index is 13.9. The molecule has 9 nitrogen and oxygen atoms in total. The van der Waals surface area contributed by atoms with Crippen LogP contribution in [0.15, 0.2) is 48.5 Å². The Morgan fingerprint density at radius 2 is 1.52 bits per heavy atom. The van der Waals surface area contributed by atoms with Crippen LogP contribution in [0.1, 0.15) is 44.3 Å². The highest BCUT2D eigenvalue weighted by Gasteiger charge is 2.43. The third-order valence-corrected chi connectivity index (χ3v) is 7.37. The minimum absolute atomic E-state index is 0.120. The van der Waals surface area contributed by atoms with Gasteiger partial charge in [-0.25, -0.2) is 0 Å². The molecule has 0 fully saturated rings. The molecule has 4 aromatic rings. The van der Waals surface area contributed by atoms with Crippen LogP contribution in [0.2, 0.25) is 0 Å². The number of benzene rings is 3. The van der Waals surface area contributed by atoms with Gasteiger partial charge in [-0.3, -0.25) is 9.89 Å². The van der Waals surface area contributed by atoms with E-state index in [4.69, 9.17) is 18.9 Å². The van der Waals surface area contributed by atoms with Crippen LogP contribution in [0.4, 0.5) is 0 Å². The van der Waals surface area contributed by atoms with E-state index in [1.54, 1.807) is 34.5 Å². The van der Waals surface area contributed by atoms with Crippen molar-refractivity contribution < 1.29 is 28.8 Å². The van der Waals surface area contributed by atoms with Crippen LogP contribution >= 0.6 is 0 Å². The fourth-order valence-electron chi connectivity index (χ4n) is 5.53. The van der Waals surface area contributed by atoms with Gasteiger partial charge in [0, 0.05) is 17.7 Å². The van der Waals surface area contributed by atoms with Gasteiger partial charge in [-0.15, -0.1) is 0 Å². The van der Waals surface area contributed by atoms with Crippen molar-refractivity contribution in [2.45, 2.75) is 26.3 Å². The predicted octanol–water partition coefficient (Wildman–Crippen LogP) is 5.22. The molecule has 1 amide bonds. The van der Waals surface area contributed by atoms with E-state index < -0.39 is 6.04 Å². The minimum atomic E-state index is -0.476. The fourth-order valence-corrected chi connectivity index (χ4v) is 5.53. The molecule has 2 heterocycles. The predicted molar refractivity (Wildman–Crippen MR) is 151 cm³/mol. The maximum absolute atomic E-state index is 13.9. The quantitative estimate of drug-likeness (QED) is 0.298. The number of hydrogen-bond donors (Lipinski definition) is 2. The Balaban J connectivity index is 1.61. The maximum Gasteiger partial charge on any atom is 0.273 e. The highest BCUT2D eigenvalue weighted by atomic mass is 16.5. The van der Waals surface area contributed by atoms with Crippen LogP contribution in [0.5, 0.6) is 28.7 Å². The normalized spacial score (nSPS) is 14.3. The van der Waals surface area contributed by atoms with Gasteiger partial charge >= 0.3 is 0 Å². The number of phenolic OH excluding ortho intramolecular Hbond substituents is 1. The lowest BCUT2D eigenvalue weighted by molar-refractivity contribution is 0.0745. The molecule has 1 aromatic heterocycles. The Labute approximate surface area is 233 Å². The molecule has 1 aliphatic rings. The van der Waals surface area contributed by atoms with E-state index in [9.17, 15) is 9.90 Å². The monoisotopic (exact) mass is 543 g/mol. The van der Waals surface area contributed by atoms with Crippen LogP contribution < -0.4 is 18.9 Å². The average molecular weight is 544 g/mol. The van der Waals surface area contributed by atoms with Gasteiger partial charge in [-0.05, 0) is 72.9 Å². The van der Waals surface area contributed by atoms with Crippen LogP contribution in [0.3, 0.4) is 0 Å². The van der Waals surface area contributed by atoms with E-state index in [0.29, 0.717) is 58.5 Å². The van der Waals surface area contributed by atoms with E-state index in [0.717, 1.165) is 22.3 Å². The summed E-state index contributed by atoms with van der Waals surface area (Å²) in [6.45, 7) is 4.28. The standard InChI is InChI=1S/C31H33N3O6/c1-17-13-18(2)26(21(35)14-17)28-27-29(33-32-28)31(36)34(12-11-19-7-9-22(37-3)24(15-19)39-5)30(27)20-8-10-23(38-4)25(16-20)40-6/h7-10,13-16,30,35H,11-12H2,1-6H3,(H,32,33). The first-order chi connectivity index (χ1) is 19.3. The molecule has 9 heteroatoms. The lowest BCUT2D eigenvalue weighted by atomic mass is 9.93. The Morgan fingerprint density at radius 3 is 2.17 bits per heavy atom. The number of aromatic amines is 1. The first kappa shape index (κ1) is 26.9.